The van der Waals surface area contributed by atoms with Crippen LogP contribution in [0.2, 0.25) is 0 Å². The lowest BCUT2D eigenvalue weighted by Crippen LogP contribution is -2.44. The summed E-state index contributed by atoms with van der Waals surface area (Å²) in [6, 6.07) is 2.98. The molecule has 1 aliphatic carbocycles. The zero-order chi connectivity index (χ0) is 20.6. The molecule has 0 spiro atoms. The van der Waals surface area contributed by atoms with Gasteiger partial charge in [0.15, 0.2) is 17.3 Å². The summed E-state index contributed by atoms with van der Waals surface area (Å²) in [5.41, 5.74) is 1.68. The molecular formula is C21H26ClNO5. The summed E-state index contributed by atoms with van der Waals surface area (Å²) in [6.07, 6.45) is 1.30. The molecule has 0 radical (unpaired) electrons. The summed E-state index contributed by atoms with van der Waals surface area (Å²) in [6.45, 7) is 4.30. The number of aliphatic hydroxyl groups excluding tert-OH is 1. The van der Waals surface area contributed by atoms with Crippen LogP contribution in [0.5, 0.6) is 11.5 Å². The van der Waals surface area contributed by atoms with Crippen LogP contribution in [-0.4, -0.2) is 48.3 Å². The van der Waals surface area contributed by atoms with Crippen molar-refractivity contribution in [3.63, 3.8) is 0 Å². The van der Waals surface area contributed by atoms with E-state index in [0.717, 1.165) is 11.1 Å². The lowest BCUT2D eigenvalue weighted by molar-refractivity contribution is -0.131. The van der Waals surface area contributed by atoms with Crippen LogP contribution in [0, 0.1) is 5.41 Å². The van der Waals surface area contributed by atoms with E-state index in [4.69, 9.17) is 21.1 Å². The molecule has 1 N–H and O–H groups in total. The van der Waals surface area contributed by atoms with E-state index in [0.29, 0.717) is 37.3 Å². The second-order valence-corrected chi connectivity index (χ2v) is 8.35. The Morgan fingerprint density at radius 2 is 1.89 bits per heavy atom. The first-order valence-electron chi connectivity index (χ1n) is 9.28. The molecule has 1 aliphatic heterocycles. The highest BCUT2D eigenvalue weighted by Gasteiger charge is 2.42. The van der Waals surface area contributed by atoms with Gasteiger partial charge in [0, 0.05) is 19.4 Å². The molecule has 1 aromatic rings. The van der Waals surface area contributed by atoms with Gasteiger partial charge in [0.2, 0.25) is 5.91 Å². The summed E-state index contributed by atoms with van der Waals surface area (Å²) in [7, 11) is 3.10. The van der Waals surface area contributed by atoms with Crippen LogP contribution in [0.1, 0.15) is 43.9 Å². The quantitative estimate of drug-likeness (QED) is 0.772. The van der Waals surface area contributed by atoms with Crippen LogP contribution in [0.3, 0.4) is 0 Å². The first-order chi connectivity index (χ1) is 13.2. The van der Waals surface area contributed by atoms with Gasteiger partial charge in [-0.25, -0.2) is 0 Å². The largest absolute Gasteiger partial charge is 0.512 e. The zero-order valence-electron chi connectivity index (χ0n) is 16.7. The van der Waals surface area contributed by atoms with Crippen molar-refractivity contribution in [3.05, 3.63) is 34.6 Å². The highest BCUT2D eigenvalue weighted by Crippen LogP contribution is 2.46. The minimum absolute atomic E-state index is 0.0428. The van der Waals surface area contributed by atoms with Gasteiger partial charge in [-0.2, -0.15) is 0 Å². The number of aliphatic hydroxyl groups is 1. The summed E-state index contributed by atoms with van der Waals surface area (Å²) in [5, 5.41) is 10.8. The fraction of sp³-hybridized carbons (Fsp3) is 0.524. The number of rotatable bonds is 4. The first kappa shape index (κ1) is 20.5. The lowest BCUT2D eigenvalue weighted by Gasteiger charge is -2.41. The molecule has 152 valence electrons. The Labute approximate surface area is 170 Å². The zero-order valence-corrected chi connectivity index (χ0v) is 17.4. The van der Waals surface area contributed by atoms with Gasteiger partial charge in [0.05, 0.1) is 25.8 Å². The number of alkyl halides is 1. The number of benzene rings is 1. The number of halogens is 1. The van der Waals surface area contributed by atoms with E-state index in [1.807, 2.05) is 19.9 Å². The van der Waals surface area contributed by atoms with Crippen LogP contribution in [0.4, 0.5) is 0 Å². The molecule has 2 aliphatic rings. The number of carbonyl (C=O) groups excluding carboxylic acids is 2. The predicted octanol–water partition coefficient (Wildman–Crippen LogP) is 3.57. The maximum absolute atomic E-state index is 13.0. The summed E-state index contributed by atoms with van der Waals surface area (Å²) in [5.74, 6) is 0.536. The summed E-state index contributed by atoms with van der Waals surface area (Å²) >= 11 is 5.84. The molecule has 1 heterocycles. The fourth-order valence-electron chi connectivity index (χ4n) is 4.21. The molecule has 0 saturated heterocycles. The molecule has 6 nitrogen and oxygen atoms in total. The molecule has 0 unspecified atom stereocenters. The summed E-state index contributed by atoms with van der Waals surface area (Å²) < 4.78 is 10.8. The molecule has 1 aromatic carbocycles. The number of Topliss-reactive ketones (excluding diaryl/α,β-unsaturated/α-hetero) is 1. The molecule has 0 fully saturated rings. The minimum atomic E-state index is -0.682. The van der Waals surface area contributed by atoms with Crippen LogP contribution in [0.15, 0.2) is 23.5 Å². The first-order valence-corrected chi connectivity index (χ1v) is 9.81. The number of ketones is 1. The average molecular weight is 408 g/mol. The molecule has 3 rings (SSSR count). The second-order valence-electron chi connectivity index (χ2n) is 8.08. The molecule has 0 saturated carbocycles. The molecular weight excluding hydrogens is 382 g/mol. The standard InChI is InChI=1S/C21H26ClNO5/c1-21(2)9-14(24)19(15(25)10-21)20-13-8-17(28-4)16(27-3)7-12(13)5-6-23(20)18(26)11-22/h7-8,20,24H,5-6,9-11H2,1-4H3/t20-/m0/s1. The van der Waals surface area contributed by atoms with Gasteiger partial charge in [0.25, 0.3) is 0 Å². The summed E-state index contributed by atoms with van der Waals surface area (Å²) in [4.78, 5) is 27.2. The SMILES string of the molecule is COc1cc2c(cc1OC)[C@@H](C1=C(O)CC(C)(C)CC1=O)N(C(=O)CCl)CC2. The van der Waals surface area contributed by atoms with Crippen LogP contribution >= 0.6 is 11.6 Å². The Kier molecular flexibility index (Phi) is 5.62. The van der Waals surface area contributed by atoms with E-state index in [9.17, 15) is 14.7 Å². The Morgan fingerprint density at radius 3 is 2.46 bits per heavy atom. The van der Waals surface area contributed by atoms with Crippen molar-refractivity contribution < 1.29 is 24.2 Å². The number of amides is 1. The Bertz CT molecular complexity index is 845. The Hall–Kier alpha value is -2.21. The second kappa shape index (κ2) is 7.66. The van der Waals surface area contributed by atoms with Gasteiger partial charge in [-0.1, -0.05) is 13.8 Å². The van der Waals surface area contributed by atoms with Crippen molar-refractivity contribution in [1.29, 1.82) is 0 Å². The normalized spacial score (nSPS) is 21.4. The number of fused-ring (bicyclic) bond motifs is 1. The number of hydrogen-bond acceptors (Lipinski definition) is 5. The number of nitrogens with zero attached hydrogens (tertiary/aromatic N) is 1. The Morgan fingerprint density at radius 1 is 1.25 bits per heavy atom. The van der Waals surface area contributed by atoms with Gasteiger partial charge in [-0.3, -0.25) is 9.59 Å². The highest BCUT2D eigenvalue weighted by atomic mass is 35.5. The highest BCUT2D eigenvalue weighted by molar-refractivity contribution is 6.27. The van der Waals surface area contributed by atoms with Crippen molar-refractivity contribution in [3.8, 4) is 11.5 Å². The van der Waals surface area contributed by atoms with E-state index < -0.39 is 6.04 Å². The van der Waals surface area contributed by atoms with Gasteiger partial charge in [-0.05, 0) is 35.1 Å². The Balaban J connectivity index is 2.20. The third-order valence-electron chi connectivity index (χ3n) is 5.48. The molecule has 1 atom stereocenters. The molecule has 0 aromatic heterocycles. The van der Waals surface area contributed by atoms with Gasteiger partial charge in [-0.15, -0.1) is 11.6 Å². The van der Waals surface area contributed by atoms with Gasteiger partial charge >= 0.3 is 0 Å². The van der Waals surface area contributed by atoms with E-state index in [1.165, 1.54) is 7.11 Å². The van der Waals surface area contributed by atoms with E-state index in [1.54, 1.807) is 18.1 Å². The predicted molar refractivity (Wildman–Crippen MR) is 106 cm³/mol. The van der Waals surface area contributed by atoms with E-state index in [-0.39, 0.29) is 34.3 Å². The third-order valence-corrected chi connectivity index (χ3v) is 5.71. The maximum Gasteiger partial charge on any atom is 0.238 e. The van der Waals surface area contributed by atoms with Crippen molar-refractivity contribution in [2.75, 3.05) is 26.6 Å². The molecule has 28 heavy (non-hydrogen) atoms. The van der Waals surface area contributed by atoms with E-state index in [2.05, 4.69) is 0 Å². The average Bonchev–Trinajstić information content (AvgIpc) is 2.64. The van der Waals surface area contributed by atoms with Crippen molar-refractivity contribution in [1.82, 2.24) is 4.90 Å². The molecule has 7 heteroatoms. The van der Waals surface area contributed by atoms with Crippen LogP contribution in [-0.2, 0) is 16.0 Å². The van der Waals surface area contributed by atoms with Crippen molar-refractivity contribution >= 4 is 23.3 Å². The topological polar surface area (TPSA) is 76.1 Å². The fourth-order valence-corrected chi connectivity index (χ4v) is 4.37. The van der Waals surface area contributed by atoms with Gasteiger partial charge in [0.1, 0.15) is 11.6 Å². The number of methoxy groups -OCH3 is 2. The van der Waals surface area contributed by atoms with Crippen molar-refractivity contribution in [2.24, 2.45) is 5.41 Å². The van der Waals surface area contributed by atoms with Crippen LogP contribution in [0.25, 0.3) is 0 Å². The number of carbonyl (C=O) groups is 2. The molecule has 0 bridgehead atoms. The van der Waals surface area contributed by atoms with E-state index >= 15 is 0 Å². The monoisotopic (exact) mass is 407 g/mol. The van der Waals surface area contributed by atoms with Crippen molar-refractivity contribution in [2.45, 2.75) is 39.2 Å². The minimum Gasteiger partial charge on any atom is -0.512 e. The number of hydrogen-bond donors (Lipinski definition) is 1. The maximum atomic E-state index is 13.0. The van der Waals surface area contributed by atoms with Crippen LogP contribution < -0.4 is 9.47 Å². The number of ether oxygens (including phenoxy) is 2. The lowest BCUT2D eigenvalue weighted by atomic mass is 9.73. The molecule has 1 amide bonds. The smallest absolute Gasteiger partial charge is 0.238 e. The number of allylic oxidation sites excluding steroid dienone is 1. The third kappa shape index (κ3) is 3.58. The van der Waals surface area contributed by atoms with Gasteiger partial charge < -0.3 is 19.5 Å².